The Bertz CT molecular complexity index is 1370. The molecule has 0 aromatic rings. The Balaban J connectivity index is 4.54. The number of allylic oxidation sites excluding steroid dienone is 18. The molecule has 0 saturated carbocycles. The van der Waals surface area contributed by atoms with Crippen LogP contribution in [0, 0.1) is 0 Å². The summed E-state index contributed by atoms with van der Waals surface area (Å²) in [6.07, 6.45) is 72.2. The molecule has 0 N–H and O–H groups in total. The summed E-state index contributed by atoms with van der Waals surface area (Å²) in [7, 11) is 0. The summed E-state index contributed by atoms with van der Waals surface area (Å²) in [5.74, 6) is -1.02. The minimum Gasteiger partial charge on any atom is -0.462 e. The topological polar surface area (TPSA) is 78.9 Å². The molecule has 0 aliphatic carbocycles. The molecular weight excluding hydrogens is 817 g/mol. The number of hydrogen-bond donors (Lipinski definition) is 0. The summed E-state index contributed by atoms with van der Waals surface area (Å²) >= 11 is 0. The molecule has 0 amide bonds. The van der Waals surface area contributed by atoms with Crippen molar-refractivity contribution in [2.75, 3.05) is 13.2 Å². The van der Waals surface area contributed by atoms with E-state index in [-0.39, 0.29) is 44.0 Å². The lowest BCUT2D eigenvalue weighted by Gasteiger charge is -2.18. The molecule has 0 fully saturated rings. The Hall–Kier alpha value is -3.93. The van der Waals surface area contributed by atoms with Crippen LogP contribution >= 0.6 is 0 Å². The molecule has 0 aromatic carbocycles. The maximum atomic E-state index is 12.8. The van der Waals surface area contributed by atoms with E-state index in [2.05, 4.69) is 124 Å². The van der Waals surface area contributed by atoms with Gasteiger partial charge >= 0.3 is 17.9 Å². The van der Waals surface area contributed by atoms with Gasteiger partial charge in [-0.3, -0.25) is 14.4 Å². The summed E-state index contributed by atoms with van der Waals surface area (Å²) in [6.45, 7) is 6.40. The highest BCUT2D eigenvalue weighted by molar-refractivity contribution is 5.71. The van der Waals surface area contributed by atoms with E-state index in [1.54, 1.807) is 0 Å². The van der Waals surface area contributed by atoms with Crippen LogP contribution in [0.3, 0.4) is 0 Å². The van der Waals surface area contributed by atoms with Crippen LogP contribution in [-0.2, 0) is 28.6 Å². The largest absolute Gasteiger partial charge is 0.462 e. The summed E-state index contributed by atoms with van der Waals surface area (Å²) in [4.78, 5) is 38.0. The van der Waals surface area contributed by atoms with Gasteiger partial charge in [0.05, 0.1) is 0 Å². The molecule has 0 aromatic heterocycles. The predicted octanol–water partition coefficient (Wildman–Crippen LogP) is 17.9. The smallest absolute Gasteiger partial charge is 0.306 e. The molecule has 0 bridgehead atoms. The Kier molecular flexibility index (Phi) is 50.5. The highest BCUT2D eigenvalue weighted by Crippen LogP contribution is 2.14. The van der Waals surface area contributed by atoms with Crippen molar-refractivity contribution in [1.29, 1.82) is 0 Å². The number of esters is 3. The quantitative estimate of drug-likeness (QED) is 0.0262. The molecule has 374 valence electrons. The minimum atomic E-state index is -0.821. The fraction of sp³-hybridized carbons (Fsp3) is 0.650. The second-order valence-electron chi connectivity index (χ2n) is 17.4. The fourth-order valence-electron chi connectivity index (χ4n) is 7.00. The van der Waals surface area contributed by atoms with Crippen LogP contribution in [0.4, 0.5) is 0 Å². The average Bonchev–Trinajstić information content (AvgIpc) is 3.31. The Morgan fingerprint density at radius 1 is 0.318 bits per heavy atom. The molecule has 0 radical (unpaired) electrons. The number of ether oxygens (including phenoxy) is 3. The molecule has 0 aliphatic rings. The second-order valence-corrected chi connectivity index (χ2v) is 17.4. The van der Waals surface area contributed by atoms with E-state index < -0.39 is 6.10 Å². The fourth-order valence-corrected chi connectivity index (χ4v) is 7.00. The van der Waals surface area contributed by atoms with E-state index in [9.17, 15) is 14.4 Å². The molecule has 0 rings (SSSR count). The zero-order valence-electron chi connectivity index (χ0n) is 42.7. The van der Waals surface area contributed by atoms with Crippen LogP contribution in [-0.4, -0.2) is 37.2 Å². The van der Waals surface area contributed by atoms with Crippen LogP contribution in [0.15, 0.2) is 109 Å². The Morgan fingerprint density at radius 2 is 0.621 bits per heavy atom. The summed E-state index contributed by atoms with van der Waals surface area (Å²) < 4.78 is 16.7. The van der Waals surface area contributed by atoms with Gasteiger partial charge in [0.15, 0.2) is 6.10 Å². The zero-order valence-corrected chi connectivity index (χ0v) is 42.7. The summed E-state index contributed by atoms with van der Waals surface area (Å²) in [5, 5.41) is 0. The maximum Gasteiger partial charge on any atom is 0.306 e. The number of unbranched alkanes of at least 4 members (excludes halogenated alkanes) is 18. The molecule has 6 nitrogen and oxygen atoms in total. The molecule has 0 spiro atoms. The van der Waals surface area contributed by atoms with Gasteiger partial charge < -0.3 is 14.2 Å². The average molecular weight is 915 g/mol. The van der Waals surface area contributed by atoms with Crippen molar-refractivity contribution in [3.05, 3.63) is 109 Å². The number of carbonyl (C=O) groups is 3. The number of hydrogen-bond acceptors (Lipinski definition) is 6. The van der Waals surface area contributed by atoms with Gasteiger partial charge in [0.1, 0.15) is 13.2 Å². The minimum absolute atomic E-state index is 0.111. The lowest BCUT2D eigenvalue weighted by molar-refractivity contribution is -0.166. The number of carbonyl (C=O) groups excluding carboxylic acids is 3. The molecule has 0 saturated heterocycles. The highest BCUT2D eigenvalue weighted by Gasteiger charge is 2.19. The molecular formula is C60H98O6. The summed E-state index contributed by atoms with van der Waals surface area (Å²) in [5.41, 5.74) is 0. The molecule has 0 unspecified atom stereocenters. The molecule has 0 heterocycles. The maximum absolute atomic E-state index is 12.8. The standard InChI is InChI=1S/C60H98O6/c1-4-7-10-13-16-19-22-25-27-29-30-32-33-35-38-41-44-47-50-53-59(62)65-56-57(55-64-58(61)52-49-46-43-40-37-24-21-18-15-12-9-6-3)66-60(63)54-51-48-45-42-39-36-34-31-28-26-23-20-17-14-11-8-5-2/h8,11,16-17,19-20,25-28,30,32,34-36,38,44,47,57H,4-7,9-10,12-15,18,21-24,29,31,33,37,39-43,45-46,48-56H2,1-3H3/b11-8-,19-16-,20-17-,27-25-,28-26-,32-30-,36-34-,38-35-,47-44-/t57-/m0/s1. The predicted molar refractivity (Wildman–Crippen MR) is 283 cm³/mol. The first-order valence-electron chi connectivity index (χ1n) is 26.9. The zero-order chi connectivity index (χ0) is 47.9. The monoisotopic (exact) mass is 915 g/mol. The number of rotatable bonds is 47. The van der Waals surface area contributed by atoms with Gasteiger partial charge in [0.25, 0.3) is 0 Å². The van der Waals surface area contributed by atoms with Crippen molar-refractivity contribution in [3.63, 3.8) is 0 Å². The van der Waals surface area contributed by atoms with Crippen molar-refractivity contribution < 1.29 is 28.6 Å². The Labute approximate surface area is 406 Å². The molecule has 1 atom stereocenters. The van der Waals surface area contributed by atoms with Crippen LogP contribution < -0.4 is 0 Å². The van der Waals surface area contributed by atoms with E-state index in [4.69, 9.17) is 14.2 Å². The highest BCUT2D eigenvalue weighted by atomic mass is 16.6. The van der Waals surface area contributed by atoms with Crippen LogP contribution in [0.1, 0.15) is 233 Å². The van der Waals surface area contributed by atoms with Gasteiger partial charge in [-0.1, -0.05) is 226 Å². The van der Waals surface area contributed by atoms with Crippen molar-refractivity contribution in [1.82, 2.24) is 0 Å². The first-order chi connectivity index (χ1) is 32.5. The third-order valence-electron chi connectivity index (χ3n) is 11.0. The van der Waals surface area contributed by atoms with Crippen molar-refractivity contribution in [3.8, 4) is 0 Å². The van der Waals surface area contributed by atoms with Gasteiger partial charge in [0.2, 0.25) is 0 Å². The van der Waals surface area contributed by atoms with Crippen molar-refractivity contribution in [2.24, 2.45) is 0 Å². The van der Waals surface area contributed by atoms with Gasteiger partial charge in [-0.25, -0.2) is 0 Å². The first kappa shape index (κ1) is 62.1. The van der Waals surface area contributed by atoms with Gasteiger partial charge in [0, 0.05) is 19.3 Å². The van der Waals surface area contributed by atoms with E-state index in [0.29, 0.717) is 12.8 Å². The third-order valence-corrected chi connectivity index (χ3v) is 11.0. The van der Waals surface area contributed by atoms with Crippen LogP contribution in [0.25, 0.3) is 0 Å². The second kappa shape index (κ2) is 53.7. The third kappa shape index (κ3) is 51.1. The molecule has 6 heteroatoms. The van der Waals surface area contributed by atoms with Gasteiger partial charge in [-0.2, -0.15) is 0 Å². The van der Waals surface area contributed by atoms with E-state index in [1.807, 2.05) is 6.08 Å². The van der Waals surface area contributed by atoms with Crippen molar-refractivity contribution >= 4 is 17.9 Å². The Morgan fingerprint density at radius 3 is 1.05 bits per heavy atom. The SMILES string of the molecule is CC/C=C\C/C=C\C/C=C\C/C=C\CCCCCCC(=O)O[C@H](COC(=O)CC/C=C\C/C=C\C/C=C\C/C=C\C/C=C\CCCCC)COC(=O)CCCCCCCCCCCCCC. The lowest BCUT2D eigenvalue weighted by atomic mass is 10.0. The van der Waals surface area contributed by atoms with Crippen LogP contribution in [0.5, 0.6) is 0 Å². The van der Waals surface area contributed by atoms with Gasteiger partial charge in [-0.15, -0.1) is 0 Å². The normalized spacial score (nSPS) is 13.0. The molecule has 66 heavy (non-hydrogen) atoms. The van der Waals surface area contributed by atoms with Crippen LogP contribution in [0.2, 0.25) is 0 Å². The van der Waals surface area contributed by atoms with E-state index >= 15 is 0 Å². The van der Waals surface area contributed by atoms with Crippen molar-refractivity contribution in [2.45, 2.75) is 239 Å². The molecule has 0 aliphatic heterocycles. The van der Waals surface area contributed by atoms with Gasteiger partial charge in [-0.05, 0) is 96.3 Å². The lowest BCUT2D eigenvalue weighted by Crippen LogP contribution is -2.30. The summed E-state index contributed by atoms with van der Waals surface area (Å²) in [6, 6.07) is 0. The first-order valence-corrected chi connectivity index (χ1v) is 26.9. The van der Waals surface area contributed by atoms with E-state index in [1.165, 1.54) is 83.5 Å². The van der Waals surface area contributed by atoms with E-state index in [0.717, 1.165) is 103 Å².